The molecule has 2 aromatic rings. The highest BCUT2D eigenvalue weighted by Crippen LogP contribution is 2.48. The minimum Gasteiger partial charge on any atom is -0.370 e. The fraction of sp³-hybridized carbons (Fsp3) is 0.400. The van der Waals surface area contributed by atoms with Crippen molar-refractivity contribution in [2.75, 3.05) is 0 Å². The van der Waals surface area contributed by atoms with Crippen molar-refractivity contribution in [2.24, 2.45) is 5.92 Å². The van der Waals surface area contributed by atoms with Crippen LogP contribution in [0.5, 0.6) is 0 Å². The Morgan fingerprint density at radius 1 is 0.952 bits per heavy atom. The highest BCUT2D eigenvalue weighted by molar-refractivity contribution is 5.35. The normalized spacial score (nSPS) is 31.3. The third-order valence-corrected chi connectivity index (χ3v) is 5.34. The van der Waals surface area contributed by atoms with E-state index in [0.717, 1.165) is 6.42 Å². The minimum atomic E-state index is 0.244. The van der Waals surface area contributed by atoms with Crippen LogP contribution in [0.4, 0.5) is 0 Å². The molecule has 2 aromatic carbocycles. The summed E-state index contributed by atoms with van der Waals surface area (Å²) in [7, 11) is 0. The summed E-state index contributed by atoms with van der Waals surface area (Å²) < 4.78 is 6.36. The Labute approximate surface area is 127 Å². The van der Waals surface area contributed by atoms with Crippen molar-refractivity contribution < 1.29 is 4.74 Å². The lowest BCUT2D eigenvalue weighted by atomic mass is 9.69. The zero-order valence-corrected chi connectivity index (χ0v) is 12.5. The fourth-order valence-electron chi connectivity index (χ4n) is 4.27. The molecule has 0 bridgehead atoms. The zero-order chi connectivity index (χ0) is 14.2. The van der Waals surface area contributed by atoms with E-state index in [-0.39, 0.29) is 6.10 Å². The minimum absolute atomic E-state index is 0.244. The number of rotatable bonds is 1. The van der Waals surface area contributed by atoms with Gasteiger partial charge >= 0.3 is 0 Å². The molecule has 0 radical (unpaired) electrons. The quantitative estimate of drug-likeness (QED) is 0.722. The number of ether oxygens (including phenoxy) is 1. The topological polar surface area (TPSA) is 9.23 Å². The Morgan fingerprint density at radius 3 is 2.57 bits per heavy atom. The standard InChI is InChI=1S/C20H22O/c1-14-17-12-11-15-7-5-6-10-18(15)19(17)13-20(21-14)16-8-3-2-4-9-16/h2-10,14,17,19-20H,11-13H2,1H3/t14-,17-,19-,20-/m1/s1. The van der Waals surface area contributed by atoms with E-state index >= 15 is 0 Å². The summed E-state index contributed by atoms with van der Waals surface area (Å²) in [5.74, 6) is 1.34. The monoisotopic (exact) mass is 278 g/mol. The second-order valence-electron chi connectivity index (χ2n) is 6.48. The molecular formula is C20H22O. The van der Waals surface area contributed by atoms with Gasteiger partial charge in [-0.05, 0) is 54.7 Å². The molecule has 1 heteroatoms. The van der Waals surface area contributed by atoms with Gasteiger partial charge in [0.2, 0.25) is 0 Å². The average Bonchev–Trinajstić information content (AvgIpc) is 2.55. The van der Waals surface area contributed by atoms with Crippen LogP contribution in [0, 0.1) is 5.92 Å². The molecule has 0 spiro atoms. The molecule has 1 saturated heterocycles. The predicted molar refractivity (Wildman–Crippen MR) is 85.3 cm³/mol. The van der Waals surface area contributed by atoms with E-state index < -0.39 is 0 Å². The van der Waals surface area contributed by atoms with Gasteiger partial charge in [-0.1, -0.05) is 54.6 Å². The van der Waals surface area contributed by atoms with Gasteiger partial charge in [-0.3, -0.25) is 0 Å². The van der Waals surface area contributed by atoms with Crippen molar-refractivity contribution in [3.63, 3.8) is 0 Å². The summed E-state index contributed by atoms with van der Waals surface area (Å²) in [5.41, 5.74) is 4.45. The Morgan fingerprint density at radius 2 is 1.71 bits per heavy atom. The van der Waals surface area contributed by atoms with Gasteiger partial charge in [-0.25, -0.2) is 0 Å². The summed E-state index contributed by atoms with van der Waals surface area (Å²) in [6.07, 6.45) is 4.19. The van der Waals surface area contributed by atoms with Crippen LogP contribution in [-0.4, -0.2) is 6.10 Å². The van der Waals surface area contributed by atoms with E-state index in [4.69, 9.17) is 4.74 Å². The predicted octanol–water partition coefficient (Wildman–Crippen LogP) is 4.88. The van der Waals surface area contributed by atoms with Gasteiger partial charge in [0.25, 0.3) is 0 Å². The molecule has 1 aliphatic carbocycles. The molecule has 108 valence electrons. The molecule has 1 fully saturated rings. The van der Waals surface area contributed by atoms with Crippen molar-refractivity contribution in [1.29, 1.82) is 0 Å². The zero-order valence-electron chi connectivity index (χ0n) is 12.5. The molecule has 0 unspecified atom stereocenters. The molecule has 0 aromatic heterocycles. The second kappa shape index (κ2) is 5.31. The van der Waals surface area contributed by atoms with Crippen LogP contribution in [0.2, 0.25) is 0 Å². The number of fused-ring (bicyclic) bond motifs is 3. The summed E-state index contributed by atoms with van der Waals surface area (Å²) in [4.78, 5) is 0. The van der Waals surface area contributed by atoms with Gasteiger partial charge in [0, 0.05) is 0 Å². The molecule has 0 amide bonds. The molecule has 0 N–H and O–H groups in total. The van der Waals surface area contributed by atoms with E-state index in [0.29, 0.717) is 17.9 Å². The first kappa shape index (κ1) is 13.1. The number of hydrogen-bond acceptors (Lipinski definition) is 1. The van der Waals surface area contributed by atoms with Crippen LogP contribution in [-0.2, 0) is 11.2 Å². The van der Waals surface area contributed by atoms with Crippen LogP contribution in [0.25, 0.3) is 0 Å². The third-order valence-electron chi connectivity index (χ3n) is 5.34. The summed E-state index contributed by atoms with van der Waals surface area (Å²) in [5, 5.41) is 0. The Kier molecular flexibility index (Phi) is 3.31. The first-order valence-corrected chi connectivity index (χ1v) is 8.11. The molecule has 0 saturated carbocycles. The van der Waals surface area contributed by atoms with E-state index in [1.807, 2.05) is 0 Å². The third kappa shape index (κ3) is 2.30. The van der Waals surface area contributed by atoms with Crippen molar-refractivity contribution >= 4 is 0 Å². The van der Waals surface area contributed by atoms with Crippen LogP contribution < -0.4 is 0 Å². The van der Waals surface area contributed by atoms with Crippen LogP contribution in [0.1, 0.15) is 48.5 Å². The highest BCUT2D eigenvalue weighted by Gasteiger charge is 2.40. The smallest absolute Gasteiger partial charge is 0.0834 e. The van der Waals surface area contributed by atoms with Gasteiger partial charge in [0.15, 0.2) is 0 Å². The van der Waals surface area contributed by atoms with Crippen molar-refractivity contribution in [3.8, 4) is 0 Å². The summed E-state index contributed by atoms with van der Waals surface area (Å²) in [6, 6.07) is 19.7. The van der Waals surface area contributed by atoms with Crippen molar-refractivity contribution in [2.45, 2.75) is 44.3 Å². The molecule has 1 aliphatic heterocycles. The molecule has 4 atom stereocenters. The van der Waals surface area contributed by atoms with Gasteiger partial charge in [0.1, 0.15) is 0 Å². The van der Waals surface area contributed by atoms with Crippen molar-refractivity contribution in [1.82, 2.24) is 0 Å². The van der Waals surface area contributed by atoms with E-state index in [9.17, 15) is 0 Å². The van der Waals surface area contributed by atoms with Crippen LogP contribution in [0.15, 0.2) is 54.6 Å². The molecule has 21 heavy (non-hydrogen) atoms. The van der Waals surface area contributed by atoms with Gasteiger partial charge in [0.05, 0.1) is 12.2 Å². The SMILES string of the molecule is C[C@H]1O[C@@H](c2ccccc2)C[C@H]2c3ccccc3CC[C@H]12. The fourth-order valence-corrected chi connectivity index (χ4v) is 4.27. The lowest BCUT2D eigenvalue weighted by Crippen LogP contribution is -2.37. The lowest BCUT2D eigenvalue weighted by molar-refractivity contribution is -0.0903. The Bertz CT molecular complexity index is 619. The highest BCUT2D eigenvalue weighted by atomic mass is 16.5. The summed E-state index contributed by atoms with van der Waals surface area (Å²) >= 11 is 0. The molecular weight excluding hydrogens is 256 g/mol. The van der Waals surface area contributed by atoms with Crippen LogP contribution >= 0.6 is 0 Å². The van der Waals surface area contributed by atoms with E-state index in [1.165, 1.54) is 18.4 Å². The first-order chi connectivity index (χ1) is 10.3. The molecule has 4 rings (SSSR count). The maximum Gasteiger partial charge on any atom is 0.0834 e. The van der Waals surface area contributed by atoms with Crippen molar-refractivity contribution in [3.05, 3.63) is 71.3 Å². The maximum atomic E-state index is 6.36. The molecule has 1 heterocycles. The van der Waals surface area contributed by atoms with Gasteiger partial charge < -0.3 is 4.74 Å². The number of benzene rings is 2. The first-order valence-electron chi connectivity index (χ1n) is 8.11. The molecule has 1 nitrogen and oxygen atoms in total. The maximum absolute atomic E-state index is 6.36. The summed E-state index contributed by atoms with van der Waals surface area (Å²) in [6.45, 7) is 2.26. The van der Waals surface area contributed by atoms with Gasteiger partial charge in [-0.15, -0.1) is 0 Å². The van der Waals surface area contributed by atoms with Gasteiger partial charge in [-0.2, -0.15) is 0 Å². The van der Waals surface area contributed by atoms with E-state index in [1.54, 1.807) is 11.1 Å². The molecule has 2 aliphatic rings. The Balaban J connectivity index is 1.68. The van der Waals surface area contributed by atoms with Crippen LogP contribution in [0.3, 0.4) is 0 Å². The largest absolute Gasteiger partial charge is 0.370 e. The lowest BCUT2D eigenvalue weighted by Gasteiger charge is -2.44. The van der Waals surface area contributed by atoms with E-state index in [2.05, 4.69) is 61.5 Å². The number of hydrogen-bond donors (Lipinski definition) is 0. The Hall–Kier alpha value is -1.60. The average molecular weight is 278 g/mol. The number of aryl methyl sites for hydroxylation is 1. The second-order valence-corrected chi connectivity index (χ2v) is 6.48.